The summed E-state index contributed by atoms with van der Waals surface area (Å²) in [6.07, 6.45) is 12.5. The lowest BCUT2D eigenvalue weighted by Gasteiger charge is -2.26. The van der Waals surface area contributed by atoms with Crippen LogP contribution in [0.5, 0.6) is 0 Å². The van der Waals surface area contributed by atoms with Crippen molar-refractivity contribution in [2.75, 3.05) is 4.90 Å². The molecule has 0 fully saturated rings. The number of nitrogens with zero attached hydrogens (tertiary/aromatic N) is 2. The molecule has 0 amide bonds. The number of hydrogen-bond donors (Lipinski definition) is 0. The van der Waals surface area contributed by atoms with Gasteiger partial charge >= 0.3 is 0 Å². The smallest absolute Gasteiger partial charge is 0.0547 e. The van der Waals surface area contributed by atoms with Gasteiger partial charge in [-0.1, -0.05) is 246 Å². The zero-order valence-electron chi connectivity index (χ0n) is 48.2. The van der Waals surface area contributed by atoms with Gasteiger partial charge in [0.15, 0.2) is 0 Å². The third kappa shape index (κ3) is 11.6. The Morgan fingerprint density at radius 3 is 1.35 bits per heavy atom. The molecule has 0 unspecified atom stereocenters. The van der Waals surface area contributed by atoms with E-state index in [-0.39, 0.29) is 0 Å². The van der Waals surface area contributed by atoms with Gasteiger partial charge in [0.05, 0.1) is 11.0 Å². The van der Waals surface area contributed by atoms with Crippen LogP contribution < -0.4 is 4.90 Å². The lowest BCUT2D eigenvalue weighted by atomic mass is 9.89. The highest BCUT2D eigenvalue weighted by atomic mass is 15.1. The van der Waals surface area contributed by atoms with Gasteiger partial charge in [-0.3, -0.25) is 0 Å². The molecule has 0 N–H and O–H groups in total. The van der Waals surface area contributed by atoms with Gasteiger partial charge in [-0.2, -0.15) is 0 Å². The molecule has 0 spiro atoms. The van der Waals surface area contributed by atoms with Crippen molar-refractivity contribution in [1.29, 1.82) is 0 Å². The molecule has 0 atom stereocenters. The molecule has 0 saturated heterocycles. The van der Waals surface area contributed by atoms with Crippen molar-refractivity contribution in [1.82, 2.24) is 4.57 Å². The van der Waals surface area contributed by atoms with Gasteiger partial charge in [-0.25, -0.2) is 0 Å². The predicted molar refractivity (Wildman–Crippen MR) is 353 cm³/mol. The average Bonchev–Trinajstić information content (AvgIpc) is 4.10. The van der Waals surface area contributed by atoms with Crippen LogP contribution in [0.25, 0.3) is 94.3 Å². The Morgan fingerprint density at radius 2 is 0.744 bits per heavy atom. The monoisotopic (exact) mass is 1060 g/mol. The summed E-state index contributed by atoms with van der Waals surface area (Å²) < 4.78 is 2.44. The van der Waals surface area contributed by atoms with E-state index in [1.807, 2.05) is 0 Å². The van der Waals surface area contributed by atoms with Crippen molar-refractivity contribution in [3.05, 3.63) is 277 Å². The molecule has 1 aromatic heterocycles. The van der Waals surface area contributed by atoms with E-state index in [1.54, 1.807) is 0 Å². The van der Waals surface area contributed by atoms with Gasteiger partial charge in [0.2, 0.25) is 0 Å². The molecule has 0 aliphatic rings. The second-order valence-corrected chi connectivity index (χ2v) is 22.6. The average molecular weight is 1060 g/mol. The molecule has 12 rings (SSSR count). The first-order chi connectivity index (χ1) is 40.4. The number of anilines is 3. The number of unbranched alkanes of at least 4 members (excludes halogenated alkanes) is 6. The number of rotatable bonds is 20. The van der Waals surface area contributed by atoms with E-state index < -0.39 is 0 Å². The molecule has 2 heteroatoms. The van der Waals surface area contributed by atoms with E-state index >= 15 is 0 Å². The Morgan fingerprint density at radius 1 is 0.305 bits per heavy atom. The fourth-order valence-corrected chi connectivity index (χ4v) is 12.2. The molecule has 2 nitrogen and oxygen atoms in total. The van der Waals surface area contributed by atoms with Crippen molar-refractivity contribution in [3.63, 3.8) is 0 Å². The fraction of sp³-hybridized carbons (Fsp3) is 0.175. The molecule has 0 saturated carbocycles. The number of aromatic nitrogens is 1. The van der Waals surface area contributed by atoms with Crippen LogP contribution in [0.3, 0.4) is 0 Å². The van der Waals surface area contributed by atoms with Crippen molar-refractivity contribution >= 4 is 38.9 Å². The maximum atomic E-state index is 2.53. The Labute approximate surface area is 487 Å². The van der Waals surface area contributed by atoms with E-state index in [4.69, 9.17) is 0 Å². The van der Waals surface area contributed by atoms with Crippen LogP contribution in [0, 0.1) is 13.8 Å². The highest BCUT2D eigenvalue weighted by Gasteiger charge is 2.18. The van der Waals surface area contributed by atoms with E-state index in [9.17, 15) is 0 Å². The molecule has 404 valence electrons. The minimum Gasteiger partial charge on any atom is -0.311 e. The Bertz CT molecular complexity index is 4090. The second kappa shape index (κ2) is 24.8. The van der Waals surface area contributed by atoms with Crippen LogP contribution in [0.15, 0.2) is 255 Å². The van der Waals surface area contributed by atoms with Crippen molar-refractivity contribution in [2.24, 2.45) is 0 Å². The summed E-state index contributed by atoms with van der Waals surface area (Å²) in [5.41, 5.74) is 27.3. The first-order valence-corrected chi connectivity index (χ1v) is 30.1. The van der Waals surface area contributed by atoms with Gasteiger partial charge in [0.25, 0.3) is 0 Å². The Hall–Kier alpha value is -8.98. The highest BCUT2D eigenvalue weighted by Crippen LogP contribution is 2.41. The normalized spacial score (nSPS) is 11.4. The van der Waals surface area contributed by atoms with Gasteiger partial charge in [0.1, 0.15) is 0 Å². The van der Waals surface area contributed by atoms with Crippen molar-refractivity contribution in [3.8, 4) is 72.4 Å². The maximum Gasteiger partial charge on any atom is 0.0547 e. The Balaban J connectivity index is 0.859. The third-order valence-electron chi connectivity index (χ3n) is 16.9. The molecule has 0 aliphatic heterocycles. The van der Waals surface area contributed by atoms with Crippen LogP contribution in [0.2, 0.25) is 0 Å². The van der Waals surface area contributed by atoms with Gasteiger partial charge in [0, 0.05) is 33.5 Å². The predicted octanol–water partition coefficient (Wildman–Crippen LogP) is 23.1. The van der Waals surface area contributed by atoms with Crippen LogP contribution in [0.4, 0.5) is 17.1 Å². The second-order valence-electron chi connectivity index (χ2n) is 22.6. The minimum absolute atomic E-state index is 1.10. The zero-order chi connectivity index (χ0) is 55.8. The number of para-hydroxylation sites is 1. The fourth-order valence-electron chi connectivity index (χ4n) is 12.2. The number of fused-ring (bicyclic) bond motifs is 3. The summed E-state index contributed by atoms with van der Waals surface area (Å²) in [5.74, 6) is 0. The van der Waals surface area contributed by atoms with E-state index in [0.29, 0.717) is 0 Å². The molecule has 82 heavy (non-hydrogen) atoms. The molecule has 0 bridgehead atoms. The van der Waals surface area contributed by atoms with Crippen molar-refractivity contribution in [2.45, 2.75) is 91.9 Å². The molecular weight excluding hydrogens is 989 g/mol. The zero-order valence-corrected chi connectivity index (χ0v) is 48.2. The van der Waals surface area contributed by atoms with E-state index in [0.717, 1.165) is 35.6 Å². The highest BCUT2D eigenvalue weighted by molar-refractivity contribution is 6.10. The first kappa shape index (κ1) is 53.7. The molecule has 12 aromatic rings. The largest absolute Gasteiger partial charge is 0.311 e. The third-order valence-corrected chi connectivity index (χ3v) is 16.9. The van der Waals surface area contributed by atoms with Gasteiger partial charge in [-0.05, 0) is 190 Å². The first-order valence-electron chi connectivity index (χ1n) is 30.1. The quantitative estimate of drug-likeness (QED) is 0.0691. The lowest BCUT2D eigenvalue weighted by Crippen LogP contribution is -2.09. The number of benzene rings is 11. The number of aryl methyl sites for hydroxylation is 4. The standard InChI is InChI=1S/C80H74N2/c1-5-7-9-12-22-66-55-78(71(52-58(66)4)23-13-10-8-6-2)65-36-34-61(35-37-65)63-40-47-73(48-41-63)81(72-45-38-62(39-46-72)60-32-30-57(3)31-33-60)74-49-42-64(43-50-74)70-44-51-77-76-28-16-17-29-79(76)82(80(77)56-70)75-27-19-26-69(54-75)68-25-18-24-67(53-68)59-20-14-11-15-21-59/h11,14-21,24-56H,5-10,12-13,22-23H2,1-4H3. The number of hydrogen-bond acceptors (Lipinski definition) is 1. The molecular formula is C80H74N2. The van der Waals surface area contributed by atoms with Crippen molar-refractivity contribution < 1.29 is 0 Å². The van der Waals surface area contributed by atoms with Crippen LogP contribution in [-0.4, -0.2) is 4.57 Å². The SMILES string of the molecule is CCCCCCc1cc(-c2ccc(-c3ccc(N(c4ccc(-c5ccc(C)cc5)cc4)c4ccc(-c5ccc6c7ccccc7n(-c7cccc(-c8cccc(-c9ccccc9)c8)c7)c6c5)cc4)cc3)cc2)c(CCCCCC)cc1C. The van der Waals surface area contributed by atoms with Crippen LogP contribution in [-0.2, 0) is 12.8 Å². The maximum absolute atomic E-state index is 2.53. The summed E-state index contributed by atoms with van der Waals surface area (Å²) >= 11 is 0. The summed E-state index contributed by atoms with van der Waals surface area (Å²) in [5, 5.41) is 2.48. The molecule has 0 radical (unpaired) electrons. The lowest BCUT2D eigenvalue weighted by molar-refractivity contribution is 0.662. The minimum atomic E-state index is 1.10. The van der Waals surface area contributed by atoms with Gasteiger partial charge in [-0.15, -0.1) is 0 Å². The molecule has 1 heterocycles. The van der Waals surface area contributed by atoms with E-state index in [2.05, 4.69) is 292 Å². The van der Waals surface area contributed by atoms with Crippen LogP contribution >= 0.6 is 0 Å². The van der Waals surface area contributed by atoms with E-state index in [1.165, 1.54) is 162 Å². The molecule has 11 aromatic carbocycles. The summed E-state index contributed by atoms with van der Waals surface area (Å²) in [6.45, 7) is 9.07. The summed E-state index contributed by atoms with van der Waals surface area (Å²) in [7, 11) is 0. The summed E-state index contributed by atoms with van der Waals surface area (Å²) in [4.78, 5) is 2.39. The summed E-state index contributed by atoms with van der Waals surface area (Å²) in [6, 6.07) is 94.8. The van der Waals surface area contributed by atoms with Gasteiger partial charge < -0.3 is 9.47 Å². The topological polar surface area (TPSA) is 8.17 Å². The molecule has 0 aliphatic carbocycles. The Kier molecular flexibility index (Phi) is 16.2. The van der Waals surface area contributed by atoms with Crippen LogP contribution in [0.1, 0.15) is 87.5 Å².